The van der Waals surface area contributed by atoms with Crippen molar-refractivity contribution in [2.75, 3.05) is 6.54 Å². The van der Waals surface area contributed by atoms with Crippen molar-refractivity contribution in [1.29, 1.82) is 0 Å². The lowest BCUT2D eigenvalue weighted by molar-refractivity contribution is -0.149. The third kappa shape index (κ3) is 2.91. The summed E-state index contributed by atoms with van der Waals surface area (Å²) in [5.74, 6) is -0.883. The fourth-order valence-electron chi connectivity index (χ4n) is 3.17. The third-order valence-electron chi connectivity index (χ3n) is 4.77. The SMILES string of the molecule is CC(NC(=O)C1CCCCC1CN)(C(=O)O)C1CC1. The number of carbonyl (C=O) groups excluding carboxylic acids is 1. The molecule has 3 unspecified atom stereocenters. The molecule has 0 spiro atoms. The Kier molecular flexibility index (Phi) is 4.13. The van der Waals surface area contributed by atoms with Gasteiger partial charge < -0.3 is 16.2 Å². The number of nitrogens with two attached hydrogens (primary N) is 1. The van der Waals surface area contributed by atoms with Gasteiger partial charge in [0.05, 0.1) is 0 Å². The van der Waals surface area contributed by atoms with E-state index in [0.29, 0.717) is 6.54 Å². The van der Waals surface area contributed by atoms with E-state index in [-0.39, 0.29) is 23.7 Å². The monoisotopic (exact) mass is 268 g/mol. The van der Waals surface area contributed by atoms with Gasteiger partial charge in [0.15, 0.2) is 0 Å². The van der Waals surface area contributed by atoms with Crippen LogP contribution in [0.1, 0.15) is 45.4 Å². The van der Waals surface area contributed by atoms with Gasteiger partial charge in [-0.2, -0.15) is 0 Å². The summed E-state index contributed by atoms with van der Waals surface area (Å²) in [7, 11) is 0. The first-order valence-corrected chi connectivity index (χ1v) is 7.24. The van der Waals surface area contributed by atoms with Gasteiger partial charge in [0.25, 0.3) is 0 Å². The summed E-state index contributed by atoms with van der Waals surface area (Å²) in [4.78, 5) is 23.8. The van der Waals surface area contributed by atoms with Crippen LogP contribution in [0.3, 0.4) is 0 Å². The van der Waals surface area contributed by atoms with Crippen molar-refractivity contribution in [2.45, 2.75) is 51.0 Å². The van der Waals surface area contributed by atoms with Crippen molar-refractivity contribution in [3.8, 4) is 0 Å². The van der Waals surface area contributed by atoms with Gasteiger partial charge in [0, 0.05) is 5.92 Å². The minimum absolute atomic E-state index is 0.0777. The number of carboxylic acids is 1. The maximum atomic E-state index is 12.4. The number of carbonyl (C=O) groups is 2. The molecule has 4 N–H and O–H groups in total. The molecule has 2 fully saturated rings. The first kappa shape index (κ1) is 14.3. The van der Waals surface area contributed by atoms with Crippen LogP contribution in [0.5, 0.6) is 0 Å². The van der Waals surface area contributed by atoms with E-state index in [4.69, 9.17) is 5.73 Å². The van der Waals surface area contributed by atoms with Crippen molar-refractivity contribution in [1.82, 2.24) is 5.32 Å². The van der Waals surface area contributed by atoms with Gasteiger partial charge in [0.1, 0.15) is 5.54 Å². The summed E-state index contributed by atoms with van der Waals surface area (Å²) >= 11 is 0. The molecule has 0 saturated heterocycles. The number of amides is 1. The quantitative estimate of drug-likeness (QED) is 0.696. The molecule has 5 nitrogen and oxygen atoms in total. The second kappa shape index (κ2) is 5.49. The largest absolute Gasteiger partial charge is 0.480 e. The first-order chi connectivity index (χ1) is 8.99. The lowest BCUT2D eigenvalue weighted by atomic mass is 9.78. The van der Waals surface area contributed by atoms with E-state index in [1.807, 2.05) is 0 Å². The summed E-state index contributed by atoms with van der Waals surface area (Å²) in [5, 5.41) is 12.2. The number of aliphatic carboxylic acids is 1. The molecule has 2 aliphatic rings. The number of hydrogen-bond donors (Lipinski definition) is 3. The predicted molar refractivity (Wildman–Crippen MR) is 71.4 cm³/mol. The Labute approximate surface area is 113 Å². The van der Waals surface area contributed by atoms with Crippen LogP contribution in [0.4, 0.5) is 0 Å². The summed E-state index contributed by atoms with van der Waals surface area (Å²) in [6, 6.07) is 0. The molecule has 0 radical (unpaired) electrons. The lowest BCUT2D eigenvalue weighted by Crippen LogP contribution is -2.56. The van der Waals surface area contributed by atoms with E-state index in [9.17, 15) is 14.7 Å². The Morgan fingerprint density at radius 2 is 1.89 bits per heavy atom. The molecule has 1 amide bonds. The molecule has 0 aromatic rings. The van der Waals surface area contributed by atoms with Gasteiger partial charge >= 0.3 is 5.97 Å². The van der Waals surface area contributed by atoms with E-state index in [2.05, 4.69) is 5.32 Å². The van der Waals surface area contributed by atoms with Crippen LogP contribution in [0, 0.1) is 17.8 Å². The molecule has 0 bridgehead atoms. The molecule has 0 aliphatic heterocycles. The molecule has 19 heavy (non-hydrogen) atoms. The Bertz CT molecular complexity index is 368. The highest BCUT2D eigenvalue weighted by Crippen LogP contribution is 2.40. The van der Waals surface area contributed by atoms with Crippen LogP contribution in [-0.4, -0.2) is 29.1 Å². The van der Waals surface area contributed by atoms with Gasteiger partial charge in [-0.1, -0.05) is 12.8 Å². The molecule has 2 saturated carbocycles. The van der Waals surface area contributed by atoms with Crippen LogP contribution in [-0.2, 0) is 9.59 Å². The van der Waals surface area contributed by atoms with Crippen molar-refractivity contribution < 1.29 is 14.7 Å². The van der Waals surface area contributed by atoms with Crippen molar-refractivity contribution in [3.05, 3.63) is 0 Å². The zero-order valence-electron chi connectivity index (χ0n) is 11.5. The maximum Gasteiger partial charge on any atom is 0.329 e. The van der Waals surface area contributed by atoms with Crippen LogP contribution >= 0.6 is 0 Å². The Morgan fingerprint density at radius 1 is 1.26 bits per heavy atom. The van der Waals surface area contributed by atoms with Crippen LogP contribution in [0.25, 0.3) is 0 Å². The predicted octanol–water partition coefficient (Wildman–Crippen LogP) is 1.12. The van der Waals surface area contributed by atoms with Gasteiger partial charge in [0.2, 0.25) is 5.91 Å². The molecule has 2 rings (SSSR count). The second-order valence-electron chi connectivity index (χ2n) is 6.16. The molecule has 5 heteroatoms. The van der Waals surface area contributed by atoms with Crippen LogP contribution < -0.4 is 11.1 Å². The van der Waals surface area contributed by atoms with Gasteiger partial charge in [-0.15, -0.1) is 0 Å². The van der Waals surface area contributed by atoms with Crippen LogP contribution in [0.2, 0.25) is 0 Å². The van der Waals surface area contributed by atoms with Gasteiger partial charge in [-0.3, -0.25) is 4.79 Å². The third-order valence-corrected chi connectivity index (χ3v) is 4.77. The number of nitrogens with one attached hydrogen (secondary N) is 1. The molecular formula is C14H24N2O3. The number of carboxylic acid groups (broad SMARTS) is 1. The summed E-state index contributed by atoms with van der Waals surface area (Å²) in [5.41, 5.74) is 4.63. The Morgan fingerprint density at radius 3 is 2.42 bits per heavy atom. The summed E-state index contributed by atoms with van der Waals surface area (Å²) in [6.07, 6.45) is 5.71. The van der Waals surface area contributed by atoms with Gasteiger partial charge in [-0.25, -0.2) is 4.79 Å². The average Bonchev–Trinajstić information content (AvgIpc) is 3.22. The topological polar surface area (TPSA) is 92.4 Å². The molecule has 2 aliphatic carbocycles. The normalized spacial score (nSPS) is 30.4. The Balaban J connectivity index is 2.04. The highest BCUT2D eigenvalue weighted by molar-refractivity contribution is 5.88. The van der Waals surface area contributed by atoms with Crippen molar-refractivity contribution in [2.24, 2.45) is 23.5 Å². The fourth-order valence-corrected chi connectivity index (χ4v) is 3.17. The minimum atomic E-state index is -1.10. The first-order valence-electron chi connectivity index (χ1n) is 7.24. The molecule has 108 valence electrons. The summed E-state index contributed by atoms with van der Waals surface area (Å²) < 4.78 is 0. The standard InChI is InChI=1S/C14H24N2O3/c1-14(13(18)19,10-6-7-10)16-12(17)11-5-3-2-4-9(11)8-15/h9-11H,2-8,15H2,1H3,(H,16,17)(H,18,19). The summed E-state index contributed by atoms with van der Waals surface area (Å²) in [6.45, 7) is 2.14. The van der Waals surface area contributed by atoms with Gasteiger partial charge in [-0.05, 0) is 51.0 Å². The smallest absolute Gasteiger partial charge is 0.329 e. The van der Waals surface area contributed by atoms with Crippen molar-refractivity contribution in [3.63, 3.8) is 0 Å². The molecule has 3 atom stereocenters. The zero-order chi connectivity index (χ0) is 14.0. The highest BCUT2D eigenvalue weighted by Gasteiger charge is 2.49. The van der Waals surface area contributed by atoms with Crippen LogP contribution in [0.15, 0.2) is 0 Å². The minimum Gasteiger partial charge on any atom is -0.480 e. The molecule has 0 heterocycles. The second-order valence-corrected chi connectivity index (χ2v) is 6.16. The zero-order valence-corrected chi connectivity index (χ0v) is 11.5. The lowest BCUT2D eigenvalue weighted by Gasteiger charge is -2.33. The average molecular weight is 268 g/mol. The fraction of sp³-hybridized carbons (Fsp3) is 0.857. The maximum absolute atomic E-state index is 12.4. The van der Waals surface area contributed by atoms with E-state index >= 15 is 0 Å². The van der Waals surface area contributed by atoms with E-state index in [0.717, 1.165) is 38.5 Å². The van der Waals surface area contributed by atoms with E-state index in [1.54, 1.807) is 6.92 Å². The number of hydrogen-bond acceptors (Lipinski definition) is 3. The van der Waals surface area contributed by atoms with E-state index in [1.165, 1.54) is 0 Å². The molecule has 0 aromatic carbocycles. The molecular weight excluding hydrogens is 244 g/mol. The highest BCUT2D eigenvalue weighted by atomic mass is 16.4. The number of rotatable bonds is 5. The van der Waals surface area contributed by atoms with E-state index < -0.39 is 11.5 Å². The molecule has 0 aromatic heterocycles. The Hall–Kier alpha value is -1.10. The van der Waals surface area contributed by atoms with Crippen molar-refractivity contribution >= 4 is 11.9 Å².